The molecule has 1 aliphatic rings. The molecule has 2 aromatic rings. The third kappa shape index (κ3) is 5.08. The normalized spacial score (nSPS) is 15.4. The first-order valence-corrected chi connectivity index (χ1v) is 10.1. The summed E-state index contributed by atoms with van der Waals surface area (Å²) in [7, 11) is 0. The number of benzene rings is 1. The lowest BCUT2D eigenvalue weighted by Crippen LogP contribution is -2.52. The molecule has 0 aliphatic carbocycles. The highest BCUT2D eigenvalue weighted by atomic mass is 32.1. The number of nitrogens with zero attached hydrogens (tertiary/aromatic N) is 2. The molecule has 2 amide bonds. The van der Waals surface area contributed by atoms with Crippen LogP contribution in [-0.4, -0.2) is 61.1 Å². The van der Waals surface area contributed by atoms with Crippen LogP contribution in [0.1, 0.15) is 23.4 Å². The quantitative estimate of drug-likeness (QED) is 0.828. The van der Waals surface area contributed by atoms with E-state index in [1.165, 1.54) is 4.88 Å². The fourth-order valence-electron chi connectivity index (χ4n) is 3.14. The number of carbonyl (C=O) groups excluding carboxylic acids is 2. The molecule has 1 aromatic carbocycles. The molecule has 0 bridgehead atoms. The van der Waals surface area contributed by atoms with Crippen molar-refractivity contribution in [2.75, 3.05) is 39.3 Å². The van der Waals surface area contributed by atoms with Crippen molar-refractivity contribution in [3.63, 3.8) is 0 Å². The average molecular weight is 388 g/mol. The van der Waals surface area contributed by atoms with Crippen molar-refractivity contribution in [2.24, 2.45) is 0 Å². The van der Waals surface area contributed by atoms with Gasteiger partial charge in [-0.05, 0) is 23.9 Å². The Hall–Kier alpha value is -2.38. The molecular formula is C20H25N3O3S. The van der Waals surface area contributed by atoms with Crippen LogP contribution in [0.2, 0.25) is 0 Å². The standard InChI is InChI=1S/C20H25N3O3S/c1-2-26-20(25)23-12-10-22(11-13-23)18(24)15-21-19(17-9-6-14-27-17)16-7-4-3-5-8-16/h3-9,14,19,21H,2,10-13,15H2,1H3/t19-/m1/s1. The zero-order valence-corrected chi connectivity index (χ0v) is 16.3. The molecule has 0 radical (unpaired) electrons. The van der Waals surface area contributed by atoms with Gasteiger partial charge in [-0.15, -0.1) is 11.3 Å². The molecule has 1 N–H and O–H groups in total. The van der Waals surface area contributed by atoms with E-state index in [-0.39, 0.29) is 24.6 Å². The Labute approximate surface area is 163 Å². The van der Waals surface area contributed by atoms with Crippen LogP contribution in [0.3, 0.4) is 0 Å². The van der Waals surface area contributed by atoms with Crippen molar-refractivity contribution >= 4 is 23.3 Å². The van der Waals surface area contributed by atoms with Crippen LogP contribution in [-0.2, 0) is 9.53 Å². The monoisotopic (exact) mass is 387 g/mol. The van der Waals surface area contributed by atoms with Crippen molar-refractivity contribution in [1.82, 2.24) is 15.1 Å². The fourth-order valence-corrected chi connectivity index (χ4v) is 3.96. The zero-order chi connectivity index (χ0) is 19.1. The van der Waals surface area contributed by atoms with Crippen LogP contribution >= 0.6 is 11.3 Å². The number of nitrogens with one attached hydrogen (secondary N) is 1. The second kappa shape index (κ2) is 9.53. The van der Waals surface area contributed by atoms with Crippen LogP contribution in [0.4, 0.5) is 4.79 Å². The number of piperazine rings is 1. The van der Waals surface area contributed by atoms with E-state index >= 15 is 0 Å². The highest BCUT2D eigenvalue weighted by Gasteiger charge is 2.25. The maximum atomic E-state index is 12.6. The molecule has 6 nitrogen and oxygen atoms in total. The molecule has 1 aliphatic heterocycles. The predicted octanol–water partition coefficient (Wildman–Crippen LogP) is 2.73. The smallest absolute Gasteiger partial charge is 0.409 e. The van der Waals surface area contributed by atoms with E-state index in [9.17, 15) is 9.59 Å². The van der Waals surface area contributed by atoms with Crippen LogP contribution in [0.25, 0.3) is 0 Å². The SMILES string of the molecule is CCOC(=O)N1CCN(C(=O)CN[C@H](c2ccccc2)c2cccs2)CC1. The summed E-state index contributed by atoms with van der Waals surface area (Å²) in [6.07, 6.45) is -0.301. The van der Waals surface area contributed by atoms with Gasteiger partial charge in [0.1, 0.15) is 0 Å². The lowest BCUT2D eigenvalue weighted by molar-refractivity contribution is -0.131. The molecule has 0 saturated carbocycles. The van der Waals surface area contributed by atoms with Gasteiger partial charge in [0.05, 0.1) is 19.2 Å². The van der Waals surface area contributed by atoms with Crippen LogP contribution in [0.5, 0.6) is 0 Å². The molecule has 2 heterocycles. The zero-order valence-electron chi connectivity index (χ0n) is 15.5. The Balaban J connectivity index is 1.55. The molecule has 27 heavy (non-hydrogen) atoms. The van der Waals surface area contributed by atoms with Gasteiger partial charge in [0.25, 0.3) is 0 Å². The number of thiophene rings is 1. The maximum Gasteiger partial charge on any atom is 0.409 e. The van der Waals surface area contributed by atoms with E-state index in [2.05, 4.69) is 23.5 Å². The number of carbonyl (C=O) groups is 2. The Kier molecular flexibility index (Phi) is 6.84. The predicted molar refractivity (Wildman–Crippen MR) is 106 cm³/mol. The number of hydrogen-bond donors (Lipinski definition) is 1. The summed E-state index contributed by atoms with van der Waals surface area (Å²) in [6, 6.07) is 14.2. The van der Waals surface area contributed by atoms with Crippen LogP contribution in [0.15, 0.2) is 47.8 Å². The molecule has 1 aromatic heterocycles. The summed E-state index contributed by atoms with van der Waals surface area (Å²) >= 11 is 1.68. The Morgan fingerprint density at radius 1 is 1.07 bits per heavy atom. The lowest BCUT2D eigenvalue weighted by atomic mass is 10.1. The summed E-state index contributed by atoms with van der Waals surface area (Å²) < 4.78 is 5.02. The van der Waals surface area contributed by atoms with E-state index in [0.29, 0.717) is 32.8 Å². The second-order valence-electron chi connectivity index (χ2n) is 6.31. The number of hydrogen-bond acceptors (Lipinski definition) is 5. The van der Waals surface area contributed by atoms with Crippen molar-refractivity contribution in [3.8, 4) is 0 Å². The number of rotatable bonds is 6. The topological polar surface area (TPSA) is 61.9 Å². The Morgan fingerprint density at radius 3 is 2.41 bits per heavy atom. The Bertz CT molecular complexity index is 728. The minimum atomic E-state index is -0.301. The number of ether oxygens (including phenoxy) is 1. The lowest BCUT2D eigenvalue weighted by Gasteiger charge is -2.34. The third-order valence-corrected chi connectivity index (χ3v) is 5.51. The highest BCUT2D eigenvalue weighted by Crippen LogP contribution is 2.25. The molecular weight excluding hydrogens is 362 g/mol. The van der Waals surface area contributed by atoms with Crippen molar-refractivity contribution in [3.05, 3.63) is 58.3 Å². The second-order valence-corrected chi connectivity index (χ2v) is 7.29. The van der Waals surface area contributed by atoms with Crippen molar-refractivity contribution in [2.45, 2.75) is 13.0 Å². The Morgan fingerprint density at radius 2 is 1.78 bits per heavy atom. The van der Waals surface area contributed by atoms with Gasteiger partial charge in [0.2, 0.25) is 5.91 Å². The minimum Gasteiger partial charge on any atom is -0.450 e. The van der Waals surface area contributed by atoms with Crippen LogP contribution in [0, 0.1) is 0 Å². The van der Waals surface area contributed by atoms with Gasteiger partial charge < -0.3 is 14.5 Å². The van der Waals surface area contributed by atoms with Gasteiger partial charge in [-0.25, -0.2) is 4.79 Å². The molecule has 0 unspecified atom stereocenters. The highest BCUT2D eigenvalue weighted by molar-refractivity contribution is 7.10. The summed E-state index contributed by atoms with van der Waals surface area (Å²) in [5.74, 6) is 0.0518. The molecule has 3 rings (SSSR count). The van der Waals surface area contributed by atoms with E-state index in [1.54, 1.807) is 28.1 Å². The van der Waals surface area contributed by atoms with Gasteiger partial charge in [-0.1, -0.05) is 36.4 Å². The molecule has 1 atom stereocenters. The number of amides is 2. The molecule has 0 spiro atoms. The van der Waals surface area contributed by atoms with E-state index in [1.807, 2.05) is 29.6 Å². The van der Waals surface area contributed by atoms with Crippen LogP contribution < -0.4 is 5.32 Å². The fraction of sp³-hybridized carbons (Fsp3) is 0.400. The van der Waals surface area contributed by atoms with E-state index in [4.69, 9.17) is 4.74 Å². The van der Waals surface area contributed by atoms with E-state index < -0.39 is 0 Å². The first-order chi connectivity index (χ1) is 13.2. The van der Waals surface area contributed by atoms with Crippen molar-refractivity contribution < 1.29 is 14.3 Å². The van der Waals surface area contributed by atoms with E-state index in [0.717, 1.165) is 5.56 Å². The first kappa shape index (κ1) is 19.4. The summed E-state index contributed by atoms with van der Waals surface area (Å²) in [6.45, 7) is 4.51. The van der Waals surface area contributed by atoms with Gasteiger partial charge in [0, 0.05) is 31.1 Å². The summed E-state index contributed by atoms with van der Waals surface area (Å²) in [5.41, 5.74) is 1.14. The molecule has 7 heteroatoms. The first-order valence-electron chi connectivity index (χ1n) is 9.20. The maximum absolute atomic E-state index is 12.6. The molecule has 1 saturated heterocycles. The van der Waals surface area contributed by atoms with Gasteiger partial charge >= 0.3 is 6.09 Å². The van der Waals surface area contributed by atoms with Gasteiger partial charge in [0.15, 0.2) is 0 Å². The third-order valence-electron chi connectivity index (χ3n) is 4.58. The summed E-state index contributed by atoms with van der Waals surface area (Å²) in [5, 5.41) is 5.45. The minimum absolute atomic E-state index is 0.00373. The average Bonchev–Trinajstić information content (AvgIpc) is 3.23. The van der Waals surface area contributed by atoms with Gasteiger partial charge in [-0.2, -0.15) is 0 Å². The van der Waals surface area contributed by atoms with Gasteiger partial charge in [-0.3, -0.25) is 10.1 Å². The summed E-state index contributed by atoms with van der Waals surface area (Å²) in [4.78, 5) is 29.0. The largest absolute Gasteiger partial charge is 0.450 e. The van der Waals surface area contributed by atoms with Crippen molar-refractivity contribution in [1.29, 1.82) is 0 Å². The molecule has 144 valence electrons. The molecule has 1 fully saturated rings.